The van der Waals surface area contributed by atoms with E-state index in [2.05, 4.69) is 24.9 Å². The number of H-pyrrole nitrogens is 1. The number of ketones is 1. The van der Waals surface area contributed by atoms with Gasteiger partial charge in [0.2, 0.25) is 0 Å². The van der Waals surface area contributed by atoms with Gasteiger partial charge in [0.15, 0.2) is 10.9 Å². The summed E-state index contributed by atoms with van der Waals surface area (Å²) in [5, 5.41) is 24.4. The Morgan fingerprint density at radius 2 is 2.00 bits per heavy atom. The number of carbonyl (C=O) groups is 1. The average molecular weight is 677 g/mol. The Morgan fingerprint density at radius 3 is 2.79 bits per heavy atom. The highest BCUT2D eigenvalue weighted by Crippen LogP contribution is 2.59. The van der Waals surface area contributed by atoms with Gasteiger partial charge < -0.3 is 19.9 Å². The zero-order valence-electron chi connectivity index (χ0n) is 27.1. The van der Waals surface area contributed by atoms with Crippen molar-refractivity contribution in [2.45, 2.75) is 88.0 Å². The number of ether oxygens (including phenoxy) is 1. The van der Waals surface area contributed by atoms with Crippen LogP contribution in [0.1, 0.15) is 85.3 Å². The number of nitrogens with zero attached hydrogens (tertiary/aromatic N) is 1. The first-order chi connectivity index (χ1) is 22.5. The zero-order valence-corrected chi connectivity index (χ0v) is 28.7. The Morgan fingerprint density at radius 1 is 1.17 bits per heavy atom. The average Bonchev–Trinajstić information content (AvgIpc) is 3.57. The van der Waals surface area contributed by atoms with Gasteiger partial charge in [-0.05, 0) is 99.2 Å². The highest BCUT2D eigenvalue weighted by atomic mass is 35.5. The van der Waals surface area contributed by atoms with E-state index in [-0.39, 0.29) is 28.7 Å². The molecule has 3 aliphatic rings. The fourth-order valence-corrected chi connectivity index (χ4v) is 8.95. The van der Waals surface area contributed by atoms with E-state index in [4.69, 9.17) is 21.3 Å². The highest BCUT2D eigenvalue weighted by molar-refractivity contribution is 7.99. The molecule has 1 heterocycles. The molecule has 9 heteroatoms. The van der Waals surface area contributed by atoms with Gasteiger partial charge in [0.25, 0.3) is 0 Å². The Labute approximate surface area is 284 Å². The number of imidazole rings is 1. The number of fused-ring (bicyclic) bond motifs is 9. The maximum atomic E-state index is 14.8. The van der Waals surface area contributed by atoms with Gasteiger partial charge in [-0.3, -0.25) is 4.79 Å². The number of benzene rings is 3. The maximum absolute atomic E-state index is 14.8. The summed E-state index contributed by atoms with van der Waals surface area (Å²) < 4.78 is 20.2. The summed E-state index contributed by atoms with van der Waals surface area (Å²) in [7, 11) is 1.63. The Kier molecular flexibility index (Phi) is 9.86. The third-order valence-corrected chi connectivity index (χ3v) is 11.9. The number of rotatable bonds is 7. The number of aliphatic hydroxyl groups is 2. The second kappa shape index (κ2) is 13.7. The molecule has 0 spiro atoms. The number of Topliss-reactive ketones (excluding diaryl/α,β-unsaturated/α-hetero) is 1. The summed E-state index contributed by atoms with van der Waals surface area (Å²) in [5.41, 5.74) is 3.69. The van der Waals surface area contributed by atoms with Gasteiger partial charge in [0.05, 0.1) is 29.8 Å². The first-order valence-corrected chi connectivity index (χ1v) is 17.7. The van der Waals surface area contributed by atoms with Gasteiger partial charge in [0.1, 0.15) is 11.6 Å². The van der Waals surface area contributed by atoms with E-state index < -0.39 is 22.9 Å². The van der Waals surface area contributed by atoms with Gasteiger partial charge in [-0.2, -0.15) is 0 Å². The van der Waals surface area contributed by atoms with Gasteiger partial charge in [-0.15, -0.1) is 0 Å². The zero-order chi connectivity index (χ0) is 33.3. The molecule has 4 aromatic rings. The van der Waals surface area contributed by atoms with Crippen molar-refractivity contribution in [1.82, 2.24) is 9.97 Å². The van der Waals surface area contributed by atoms with Crippen molar-refractivity contribution in [2.75, 3.05) is 12.9 Å². The molecule has 2 bridgehead atoms. The minimum atomic E-state index is -1.05. The van der Waals surface area contributed by atoms with Crippen LogP contribution in [0.25, 0.3) is 11.0 Å². The smallest absolute Gasteiger partial charge is 0.167 e. The van der Waals surface area contributed by atoms with Crippen LogP contribution in [0, 0.1) is 11.2 Å². The number of aromatic nitrogens is 2. The number of carbonyl (C=O) groups excluding carboxylic acids is 1. The first-order valence-electron chi connectivity index (χ1n) is 16.3. The van der Waals surface area contributed by atoms with Crippen LogP contribution in [0.15, 0.2) is 71.4 Å². The minimum absolute atomic E-state index is 0.126. The summed E-state index contributed by atoms with van der Waals surface area (Å²) in [5.74, 6) is 0.311. The minimum Gasteiger partial charge on any atom is -0.497 e. The molecule has 0 aliphatic heterocycles. The number of aliphatic hydroxyl groups excluding tert-OH is 1. The van der Waals surface area contributed by atoms with Crippen LogP contribution >= 0.6 is 23.4 Å². The van der Waals surface area contributed by atoms with Crippen molar-refractivity contribution in [3.63, 3.8) is 0 Å². The predicted octanol–water partition coefficient (Wildman–Crippen LogP) is 8.62. The lowest BCUT2D eigenvalue weighted by Crippen LogP contribution is -2.46. The molecule has 4 unspecified atom stereocenters. The van der Waals surface area contributed by atoms with Crippen LogP contribution < -0.4 is 4.74 Å². The van der Waals surface area contributed by atoms with Crippen LogP contribution in [0.5, 0.6) is 5.75 Å². The molecule has 3 N–H and O–H groups in total. The number of halogens is 2. The van der Waals surface area contributed by atoms with Crippen molar-refractivity contribution in [3.8, 4) is 5.75 Å². The SMILES string of the molecule is COc1ccc2nc(SCC3(O)CCC4c5ccc(cc5C(=O)Cc5c(F)cccc5Cl)CC(O)CCC(C)=CCCC43C)[nH]c2c1. The highest BCUT2D eigenvalue weighted by Gasteiger charge is 2.56. The molecule has 3 aromatic carbocycles. The van der Waals surface area contributed by atoms with E-state index in [0.29, 0.717) is 43.4 Å². The molecule has 1 aromatic heterocycles. The molecular formula is C38H42ClFN2O4S. The van der Waals surface area contributed by atoms with Crippen LogP contribution in [-0.4, -0.2) is 50.5 Å². The first kappa shape index (κ1) is 33.7. The van der Waals surface area contributed by atoms with Crippen LogP contribution in [0.3, 0.4) is 0 Å². The molecule has 0 amide bonds. The Bertz CT molecular complexity index is 1800. The van der Waals surface area contributed by atoms with E-state index in [1.807, 2.05) is 36.4 Å². The second-order valence-electron chi connectivity index (χ2n) is 13.5. The van der Waals surface area contributed by atoms with E-state index >= 15 is 0 Å². The Hall–Kier alpha value is -3.17. The molecule has 4 atom stereocenters. The van der Waals surface area contributed by atoms with E-state index in [0.717, 1.165) is 45.9 Å². The van der Waals surface area contributed by atoms with Gasteiger partial charge in [-0.25, -0.2) is 9.37 Å². The molecular weight excluding hydrogens is 635 g/mol. The number of hydrogen-bond acceptors (Lipinski definition) is 6. The number of methoxy groups -OCH3 is 1. The number of thioether (sulfide) groups is 1. The van der Waals surface area contributed by atoms with Gasteiger partial charge in [-0.1, -0.05) is 60.1 Å². The van der Waals surface area contributed by atoms with Crippen molar-refractivity contribution < 1.29 is 24.1 Å². The van der Waals surface area contributed by atoms with Crippen molar-refractivity contribution >= 4 is 40.2 Å². The third kappa shape index (κ3) is 6.89. The molecule has 0 saturated heterocycles. The van der Waals surface area contributed by atoms with Crippen LogP contribution in [0.4, 0.5) is 4.39 Å². The van der Waals surface area contributed by atoms with Gasteiger partial charge in [0, 0.05) is 39.8 Å². The lowest BCUT2D eigenvalue weighted by molar-refractivity contribution is -0.0422. The normalized spacial score (nSPS) is 25.0. The fourth-order valence-electron chi connectivity index (χ4n) is 7.52. The largest absolute Gasteiger partial charge is 0.497 e. The summed E-state index contributed by atoms with van der Waals surface area (Å²) in [4.78, 5) is 22.2. The van der Waals surface area contributed by atoms with Crippen LogP contribution in [-0.2, 0) is 12.8 Å². The second-order valence-corrected chi connectivity index (χ2v) is 14.8. The summed E-state index contributed by atoms with van der Waals surface area (Å²) in [6.45, 7) is 4.26. The number of hydrogen-bond donors (Lipinski definition) is 3. The van der Waals surface area contributed by atoms with Crippen molar-refractivity contribution in [3.05, 3.63) is 99.3 Å². The molecule has 3 aliphatic carbocycles. The third-order valence-electron chi connectivity index (χ3n) is 10.5. The van der Waals surface area contributed by atoms with Crippen LogP contribution in [0.2, 0.25) is 5.02 Å². The predicted molar refractivity (Wildman–Crippen MR) is 186 cm³/mol. The summed E-state index contributed by atoms with van der Waals surface area (Å²) in [6, 6.07) is 16.0. The molecule has 1 fully saturated rings. The molecule has 7 rings (SSSR count). The lowest BCUT2D eigenvalue weighted by Gasteiger charge is -2.44. The molecule has 1 saturated carbocycles. The standard InChI is InChI=1S/C38H42ClFN2O4S/c1-23-6-5-16-37(2)30(15-17-38(37,45)22-47-36-41-33-14-12-26(46-3)20-34(33)42-36)27-13-10-24(18-25(43)11-9-23)19-28(27)35(44)21-29-31(39)7-4-8-32(29)40/h4,6-8,10,12-14,19-20,25,30,43,45H,5,9,11,15-18,21-22H2,1-3H3,(H,41,42). The maximum Gasteiger partial charge on any atom is 0.167 e. The van der Waals surface area contributed by atoms with Crippen molar-refractivity contribution in [1.29, 1.82) is 0 Å². The molecule has 0 radical (unpaired) electrons. The topological polar surface area (TPSA) is 95.4 Å². The summed E-state index contributed by atoms with van der Waals surface area (Å²) >= 11 is 7.86. The monoisotopic (exact) mass is 676 g/mol. The Balaban J connectivity index is 1.37. The molecule has 47 heavy (non-hydrogen) atoms. The van der Waals surface area contributed by atoms with Crippen molar-refractivity contribution in [2.24, 2.45) is 5.41 Å². The molecule has 6 nitrogen and oxygen atoms in total. The van der Waals surface area contributed by atoms with E-state index in [9.17, 15) is 19.4 Å². The number of allylic oxidation sites excluding steroid dienone is 2. The molecule has 248 valence electrons. The number of aromatic amines is 1. The number of nitrogens with one attached hydrogen (secondary N) is 1. The quantitative estimate of drug-likeness (QED) is 0.103. The van der Waals surface area contributed by atoms with Gasteiger partial charge >= 0.3 is 0 Å². The van der Waals surface area contributed by atoms with E-state index in [1.165, 1.54) is 29.5 Å². The summed E-state index contributed by atoms with van der Waals surface area (Å²) in [6.07, 6.45) is 6.03. The fraction of sp³-hybridized carbons (Fsp3) is 0.421. The van der Waals surface area contributed by atoms with E-state index in [1.54, 1.807) is 13.2 Å². The lowest BCUT2D eigenvalue weighted by atomic mass is 9.65.